The topological polar surface area (TPSA) is 102 Å². The number of carbonyl (C=O) groups excluding carboxylic acids is 2. The summed E-state index contributed by atoms with van der Waals surface area (Å²) in [5.74, 6) is -2.25. The fourth-order valence-corrected chi connectivity index (χ4v) is 3.80. The lowest BCUT2D eigenvalue weighted by atomic mass is 10.1. The van der Waals surface area contributed by atoms with Crippen LogP contribution >= 0.6 is 11.6 Å². The van der Waals surface area contributed by atoms with Crippen molar-refractivity contribution in [2.45, 2.75) is 11.3 Å². The van der Waals surface area contributed by atoms with Crippen molar-refractivity contribution < 1.29 is 27.5 Å². The van der Waals surface area contributed by atoms with Crippen LogP contribution in [0.3, 0.4) is 0 Å². The number of halogens is 1. The molecule has 2 amide bonds. The molecule has 0 bridgehead atoms. The molecule has 10 heteroatoms. The molecule has 0 aliphatic carbocycles. The van der Waals surface area contributed by atoms with Crippen molar-refractivity contribution >= 4 is 33.4 Å². The number of carbonyl (C=O) groups is 2. The van der Waals surface area contributed by atoms with Crippen molar-refractivity contribution in [2.24, 2.45) is 5.92 Å². The number of methoxy groups -OCH3 is 1. The van der Waals surface area contributed by atoms with Gasteiger partial charge in [0.05, 0.1) is 6.61 Å². The van der Waals surface area contributed by atoms with Crippen LogP contribution < -0.4 is 9.46 Å². The zero-order valence-electron chi connectivity index (χ0n) is 13.8. The number of likely N-dealkylation sites (tertiary alicyclic amines) is 1. The summed E-state index contributed by atoms with van der Waals surface area (Å²) in [5.41, 5.74) is 0. The van der Waals surface area contributed by atoms with Crippen molar-refractivity contribution in [3.05, 3.63) is 23.2 Å². The SMILES string of the molecule is COCCOc1ccc(Cl)cc1S(=O)(=O)NC(=O)C1CCN(C)C1=O. The number of nitrogens with zero attached hydrogens (tertiary/aromatic N) is 1. The van der Waals surface area contributed by atoms with E-state index in [2.05, 4.69) is 0 Å². The van der Waals surface area contributed by atoms with Gasteiger partial charge in [-0.2, -0.15) is 0 Å². The third-order valence-corrected chi connectivity index (χ3v) is 5.32. The Labute approximate surface area is 151 Å². The lowest BCUT2D eigenvalue weighted by Gasteiger charge is -2.14. The van der Waals surface area contributed by atoms with Gasteiger partial charge in [0.25, 0.3) is 10.0 Å². The monoisotopic (exact) mass is 390 g/mol. The maximum absolute atomic E-state index is 12.6. The number of ether oxygens (including phenoxy) is 2. The third-order valence-electron chi connectivity index (χ3n) is 3.72. The van der Waals surface area contributed by atoms with E-state index < -0.39 is 27.8 Å². The molecule has 1 aliphatic rings. The third kappa shape index (κ3) is 4.62. The van der Waals surface area contributed by atoms with E-state index in [0.29, 0.717) is 6.54 Å². The first-order valence-corrected chi connectivity index (χ1v) is 9.35. The number of nitrogens with one attached hydrogen (secondary N) is 1. The van der Waals surface area contributed by atoms with Gasteiger partial charge in [-0.05, 0) is 24.6 Å². The number of hydrogen-bond acceptors (Lipinski definition) is 6. The number of hydrogen-bond donors (Lipinski definition) is 1. The molecule has 1 aromatic rings. The Morgan fingerprint density at radius 2 is 2.12 bits per heavy atom. The van der Waals surface area contributed by atoms with Gasteiger partial charge in [-0.1, -0.05) is 11.6 Å². The molecule has 8 nitrogen and oxygen atoms in total. The number of benzene rings is 1. The highest BCUT2D eigenvalue weighted by Gasteiger charge is 2.37. The average molecular weight is 391 g/mol. The highest BCUT2D eigenvalue weighted by atomic mass is 35.5. The van der Waals surface area contributed by atoms with E-state index in [1.807, 2.05) is 4.72 Å². The Morgan fingerprint density at radius 1 is 1.40 bits per heavy atom. The second kappa shape index (κ2) is 8.03. The van der Waals surface area contributed by atoms with Crippen LogP contribution in [0.5, 0.6) is 5.75 Å². The number of amides is 2. The van der Waals surface area contributed by atoms with E-state index in [4.69, 9.17) is 21.1 Å². The Kier molecular flexibility index (Phi) is 6.26. The van der Waals surface area contributed by atoms with Crippen molar-refractivity contribution in [1.29, 1.82) is 0 Å². The van der Waals surface area contributed by atoms with Crippen molar-refractivity contribution in [1.82, 2.24) is 9.62 Å². The molecular weight excluding hydrogens is 372 g/mol. The predicted octanol–water partition coefficient (Wildman–Crippen LogP) is 0.648. The first-order valence-electron chi connectivity index (χ1n) is 7.49. The molecule has 1 N–H and O–H groups in total. The summed E-state index contributed by atoms with van der Waals surface area (Å²) in [6.07, 6.45) is 0.267. The van der Waals surface area contributed by atoms with Crippen LogP contribution in [0, 0.1) is 5.92 Å². The molecule has 1 heterocycles. The molecular formula is C15H19ClN2O6S. The molecule has 138 valence electrons. The lowest BCUT2D eigenvalue weighted by molar-refractivity contribution is -0.136. The van der Waals surface area contributed by atoms with Crippen LogP contribution in [-0.4, -0.2) is 59.0 Å². The maximum Gasteiger partial charge on any atom is 0.267 e. The highest BCUT2D eigenvalue weighted by molar-refractivity contribution is 7.90. The van der Waals surface area contributed by atoms with Gasteiger partial charge in [-0.25, -0.2) is 13.1 Å². The van der Waals surface area contributed by atoms with Gasteiger partial charge in [0.15, 0.2) is 0 Å². The first kappa shape index (κ1) is 19.5. The second-order valence-corrected chi connectivity index (χ2v) is 7.59. The van der Waals surface area contributed by atoms with Gasteiger partial charge in [0, 0.05) is 25.7 Å². The molecule has 0 saturated carbocycles. The van der Waals surface area contributed by atoms with Crippen LogP contribution in [0.4, 0.5) is 0 Å². The van der Waals surface area contributed by atoms with Gasteiger partial charge in [0.1, 0.15) is 23.2 Å². The van der Waals surface area contributed by atoms with Crippen LogP contribution in [0.2, 0.25) is 5.02 Å². The van der Waals surface area contributed by atoms with E-state index in [9.17, 15) is 18.0 Å². The molecule has 1 fully saturated rings. The van der Waals surface area contributed by atoms with E-state index in [-0.39, 0.29) is 35.3 Å². The molecule has 2 rings (SSSR count). The molecule has 1 atom stereocenters. The Balaban J connectivity index is 2.22. The summed E-state index contributed by atoms with van der Waals surface area (Å²) in [6.45, 7) is 0.789. The Morgan fingerprint density at radius 3 is 2.72 bits per heavy atom. The summed E-state index contributed by atoms with van der Waals surface area (Å²) in [4.78, 5) is 25.2. The van der Waals surface area contributed by atoms with Crippen LogP contribution in [0.25, 0.3) is 0 Å². The quantitative estimate of drug-likeness (QED) is 0.541. The van der Waals surface area contributed by atoms with Gasteiger partial charge in [-0.15, -0.1) is 0 Å². The Hall–Kier alpha value is -1.84. The van der Waals surface area contributed by atoms with Crippen LogP contribution in [0.1, 0.15) is 6.42 Å². The molecule has 0 spiro atoms. The van der Waals surface area contributed by atoms with Gasteiger partial charge in [-0.3, -0.25) is 9.59 Å². The van der Waals surface area contributed by atoms with E-state index in [1.54, 1.807) is 7.05 Å². The fourth-order valence-electron chi connectivity index (χ4n) is 2.37. The summed E-state index contributed by atoms with van der Waals surface area (Å²) in [7, 11) is -1.21. The minimum absolute atomic E-state index is 0.0385. The normalized spacial score (nSPS) is 17.6. The minimum atomic E-state index is -4.25. The minimum Gasteiger partial charge on any atom is -0.490 e. The van der Waals surface area contributed by atoms with Crippen molar-refractivity contribution in [3.8, 4) is 5.75 Å². The van der Waals surface area contributed by atoms with E-state index in [1.165, 1.54) is 30.2 Å². The maximum atomic E-state index is 12.6. The molecule has 1 aromatic carbocycles. The zero-order chi connectivity index (χ0) is 18.6. The Bertz CT molecular complexity index is 767. The summed E-state index contributed by atoms with van der Waals surface area (Å²) < 4.78 is 37.3. The molecule has 1 saturated heterocycles. The first-order chi connectivity index (χ1) is 11.8. The predicted molar refractivity (Wildman–Crippen MR) is 89.9 cm³/mol. The summed E-state index contributed by atoms with van der Waals surface area (Å²) >= 11 is 5.87. The van der Waals surface area contributed by atoms with Gasteiger partial charge in [0.2, 0.25) is 11.8 Å². The van der Waals surface area contributed by atoms with Crippen molar-refractivity contribution in [3.63, 3.8) is 0 Å². The standard InChI is InChI=1S/C15H19ClN2O6S/c1-18-6-5-11(15(18)20)14(19)17-25(21,22)13-9-10(16)3-4-12(13)24-8-7-23-2/h3-4,9,11H,5-8H2,1-2H3,(H,17,19). The van der Waals surface area contributed by atoms with E-state index in [0.717, 1.165) is 0 Å². The highest BCUT2D eigenvalue weighted by Crippen LogP contribution is 2.28. The van der Waals surface area contributed by atoms with Gasteiger partial charge >= 0.3 is 0 Å². The van der Waals surface area contributed by atoms with Gasteiger partial charge < -0.3 is 14.4 Å². The largest absolute Gasteiger partial charge is 0.490 e. The molecule has 1 unspecified atom stereocenters. The molecule has 1 aliphatic heterocycles. The number of rotatable bonds is 7. The summed E-state index contributed by atoms with van der Waals surface area (Å²) in [6, 6.07) is 4.05. The fraction of sp³-hybridized carbons (Fsp3) is 0.467. The molecule has 0 radical (unpaired) electrons. The lowest BCUT2D eigenvalue weighted by Crippen LogP contribution is -2.39. The molecule has 25 heavy (non-hydrogen) atoms. The smallest absolute Gasteiger partial charge is 0.267 e. The molecule has 0 aromatic heterocycles. The second-order valence-electron chi connectivity index (χ2n) is 5.50. The summed E-state index contributed by atoms with van der Waals surface area (Å²) in [5, 5.41) is 0.170. The van der Waals surface area contributed by atoms with Crippen molar-refractivity contribution in [2.75, 3.05) is 33.9 Å². The number of sulfonamides is 1. The van der Waals surface area contributed by atoms with E-state index >= 15 is 0 Å². The average Bonchev–Trinajstić information content (AvgIpc) is 2.88. The van der Waals surface area contributed by atoms with Crippen LogP contribution in [-0.2, 0) is 24.3 Å². The zero-order valence-corrected chi connectivity index (χ0v) is 15.4. The van der Waals surface area contributed by atoms with Crippen LogP contribution in [0.15, 0.2) is 23.1 Å².